The number of aromatic nitrogens is 3. The number of nitrogens with zero attached hydrogens (tertiary/aromatic N) is 3. The lowest BCUT2D eigenvalue weighted by atomic mass is 9.91. The van der Waals surface area contributed by atoms with Crippen molar-refractivity contribution < 1.29 is 24.2 Å². The van der Waals surface area contributed by atoms with Gasteiger partial charge in [0.05, 0.1) is 17.7 Å². The van der Waals surface area contributed by atoms with Crippen molar-refractivity contribution in [2.45, 2.75) is 103 Å². The van der Waals surface area contributed by atoms with Gasteiger partial charge in [0.25, 0.3) is 5.91 Å². The maximum Gasteiger partial charge on any atom is 0.404 e. The summed E-state index contributed by atoms with van der Waals surface area (Å²) in [5.41, 5.74) is 5.47. The predicted molar refractivity (Wildman–Crippen MR) is 174 cm³/mol. The van der Waals surface area contributed by atoms with Crippen LogP contribution in [-0.2, 0) is 17.9 Å². The Hall–Kier alpha value is -3.44. The highest BCUT2D eigenvalue weighted by molar-refractivity contribution is 6.76. The van der Waals surface area contributed by atoms with Crippen molar-refractivity contribution in [3.8, 4) is 17.0 Å². The molecule has 2 aromatic heterocycles. The van der Waals surface area contributed by atoms with E-state index in [4.69, 9.17) is 19.6 Å². The van der Waals surface area contributed by atoms with Crippen molar-refractivity contribution >= 4 is 31.1 Å². The molecule has 10 nitrogen and oxygen atoms in total. The minimum atomic E-state index is -1.29. The van der Waals surface area contributed by atoms with Gasteiger partial charge in [0.15, 0.2) is 0 Å². The molecule has 0 spiro atoms. The smallest absolute Gasteiger partial charge is 0.404 e. The maximum absolute atomic E-state index is 13.9. The first kappa shape index (κ1) is 32.0. The Balaban J connectivity index is 1.51. The lowest BCUT2D eigenvalue weighted by Crippen LogP contribution is -2.43. The van der Waals surface area contributed by atoms with Gasteiger partial charge in [0.1, 0.15) is 30.0 Å². The summed E-state index contributed by atoms with van der Waals surface area (Å²) in [6, 6.07) is 7.21. The molecule has 1 aromatic carbocycles. The maximum atomic E-state index is 13.9. The van der Waals surface area contributed by atoms with Crippen LogP contribution in [0.3, 0.4) is 0 Å². The van der Waals surface area contributed by atoms with Crippen LogP contribution < -0.4 is 15.4 Å². The second kappa shape index (κ2) is 13.7. The highest BCUT2D eigenvalue weighted by Crippen LogP contribution is 2.38. The van der Waals surface area contributed by atoms with Gasteiger partial charge in [-0.25, -0.2) is 14.8 Å². The molecule has 238 valence electrons. The van der Waals surface area contributed by atoms with Crippen LogP contribution in [0.15, 0.2) is 24.5 Å². The van der Waals surface area contributed by atoms with Gasteiger partial charge in [0, 0.05) is 38.0 Å². The molecule has 2 aliphatic rings. The number of carbonyl (C=O) groups is 2. The molecule has 44 heavy (non-hydrogen) atoms. The van der Waals surface area contributed by atoms with E-state index in [1.165, 1.54) is 24.7 Å². The first-order chi connectivity index (χ1) is 21.0. The average molecular weight is 622 g/mol. The summed E-state index contributed by atoms with van der Waals surface area (Å²) >= 11 is 0. The molecule has 0 saturated heterocycles. The summed E-state index contributed by atoms with van der Waals surface area (Å²) in [6.45, 7) is 12.7. The number of rotatable bonds is 13. The molecule has 2 fully saturated rings. The van der Waals surface area contributed by atoms with E-state index in [-0.39, 0.29) is 24.7 Å². The van der Waals surface area contributed by atoms with E-state index < -0.39 is 14.2 Å². The largest absolute Gasteiger partial charge is 0.493 e. The van der Waals surface area contributed by atoms with E-state index in [0.29, 0.717) is 55.9 Å². The van der Waals surface area contributed by atoms with Gasteiger partial charge in [-0.15, -0.1) is 0 Å². The number of nitrogens with one attached hydrogen (secondary N) is 2. The summed E-state index contributed by atoms with van der Waals surface area (Å²) in [7, 11) is -1.29. The number of carbonyl (C=O) groups excluding carboxylic acids is 1. The Morgan fingerprint density at radius 2 is 1.75 bits per heavy atom. The number of carboxylic acid groups (broad SMARTS) is 1. The summed E-state index contributed by atoms with van der Waals surface area (Å²) < 4.78 is 14.6. The second-order valence-corrected chi connectivity index (χ2v) is 19.2. The monoisotopic (exact) mass is 621 g/mol. The zero-order valence-electron chi connectivity index (χ0n) is 26.7. The Kier molecular flexibility index (Phi) is 9.94. The van der Waals surface area contributed by atoms with E-state index in [1.54, 1.807) is 0 Å². The van der Waals surface area contributed by atoms with Crippen LogP contribution in [0.25, 0.3) is 22.3 Å². The molecule has 2 aliphatic carbocycles. The topological polar surface area (TPSA) is 128 Å². The summed E-state index contributed by atoms with van der Waals surface area (Å²) in [5.74, 6) is 1.22. The van der Waals surface area contributed by atoms with E-state index >= 15 is 0 Å². The number of aryl methyl sites for hydroxylation is 1. The lowest BCUT2D eigenvalue weighted by Gasteiger charge is -2.28. The third-order valence-electron chi connectivity index (χ3n) is 8.81. The van der Waals surface area contributed by atoms with E-state index in [9.17, 15) is 9.59 Å². The summed E-state index contributed by atoms with van der Waals surface area (Å²) in [4.78, 5) is 34.5. The van der Waals surface area contributed by atoms with Crippen LogP contribution in [0.4, 0.5) is 4.79 Å². The third kappa shape index (κ3) is 7.79. The molecular weight excluding hydrogens is 574 g/mol. The molecule has 3 N–H and O–H groups in total. The minimum Gasteiger partial charge on any atom is -0.493 e. The quantitative estimate of drug-likeness (QED) is 0.149. The fourth-order valence-corrected chi connectivity index (χ4v) is 6.63. The van der Waals surface area contributed by atoms with Crippen LogP contribution >= 0.6 is 0 Å². The van der Waals surface area contributed by atoms with Gasteiger partial charge >= 0.3 is 6.09 Å². The van der Waals surface area contributed by atoms with Crippen molar-refractivity contribution in [1.82, 2.24) is 25.2 Å². The van der Waals surface area contributed by atoms with Crippen molar-refractivity contribution in [1.29, 1.82) is 0 Å². The van der Waals surface area contributed by atoms with Crippen LogP contribution in [0.2, 0.25) is 25.7 Å². The van der Waals surface area contributed by atoms with Gasteiger partial charge in [-0.05, 0) is 81.5 Å². The molecule has 0 aliphatic heterocycles. The first-order valence-electron chi connectivity index (χ1n) is 16.0. The van der Waals surface area contributed by atoms with Gasteiger partial charge < -0.3 is 29.8 Å². The van der Waals surface area contributed by atoms with Crippen LogP contribution in [-0.4, -0.2) is 65.0 Å². The van der Waals surface area contributed by atoms with E-state index in [2.05, 4.69) is 54.3 Å². The molecule has 0 atom stereocenters. The molecule has 2 heterocycles. The van der Waals surface area contributed by atoms with Gasteiger partial charge in [-0.1, -0.05) is 32.6 Å². The van der Waals surface area contributed by atoms with E-state index in [0.717, 1.165) is 40.7 Å². The number of benzene rings is 1. The highest BCUT2D eigenvalue weighted by atomic mass is 28.3. The molecule has 0 bridgehead atoms. The number of ether oxygens (including phenoxy) is 2. The van der Waals surface area contributed by atoms with Gasteiger partial charge in [-0.3, -0.25) is 4.79 Å². The molecule has 0 unspecified atom stereocenters. The number of fused-ring (bicyclic) bond motifs is 1. The molecular formula is C33H47N5O5Si. The summed E-state index contributed by atoms with van der Waals surface area (Å²) in [6.07, 6.45) is 6.60. The standard InChI is InChI=1S/C33H47N5O5Si/c1-6-22-9-14-27(43-18-23-7-8-23)26(17-22)29-31-30(35-19-34-29)28(21(2)38(31)20-42-15-16-44(3,4)5)32(39)36-24-10-12-25(13-11-24)37-33(40)41/h9,14,17,19,23-25,37H,6-8,10-13,15-16,18,20H2,1-5H3,(H,36,39)(H,40,41). The Morgan fingerprint density at radius 3 is 2.39 bits per heavy atom. The Morgan fingerprint density at radius 1 is 1.05 bits per heavy atom. The van der Waals surface area contributed by atoms with Gasteiger partial charge in [-0.2, -0.15) is 0 Å². The van der Waals surface area contributed by atoms with Crippen LogP contribution in [0.1, 0.15) is 67.1 Å². The Bertz CT molecular complexity index is 1490. The number of amides is 2. The molecule has 5 rings (SSSR count). The number of hydrogen-bond donors (Lipinski definition) is 3. The Labute approximate surface area is 261 Å². The molecule has 0 radical (unpaired) electrons. The number of hydrogen-bond acceptors (Lipinski definition) is 6. The predicted octanol–water partition coefficient (Wildman–Crippen LogP) is 6.38. The van der Waals surface area contributed by atoms with Crippen molar-refractivity contribution in [3.63, 3.8) is 0 Å². The van der Waals surface area contributed by atoms with Gasteiger partial charge in [0.2, 0.25) is 0 Å². The highest BCUT2D eigenvalue weighted by Gasteiger charge is 2.29. The van der Waals surface area contributed by atoms with Crippen LogP contribution in [0.5, 0.6) is 5.75 Å². The van der Waals surface area contributed by atoms with Crippen LogP contribution in [0, 0.1) is 12.8 Å². The average Bonchev–Trinajstić information content (AvgIpc) is 3.76. The van der Waals surface area contributed by atoms with E-state index in [1.807, 2.05) is 17.6 Å². The lowest BCUT2D eigenvalue weighted by molar-refractivity contribution is 0.0877. The normalized spacial score (nSPS) is 18.8. The second-order valence-electron chi connectivity index (χ2n) is 13.6. The molecule has 3 aromatic rings. The van der Waals surface area contributed by atoms with Crippen molar-refractivity contribution in [2.75, 3.05) is 13.2 Å². The molecule has 2 amide bonds. The summed E-state index contributed by atoms with van der Waals surface area (Å²) in [5, 5.41) is 14.9. The van der Waals surface area contributed by atoms with Crippen molar-refractivity contribution in [2.24, 2.45) is 5.92 Å². The third-order valence-corrected chi connectivity index (χ3v) is 10.5. The zero-order chi connectivity index (χ0) is 31.4. The fraction of sp³-hybridized carbons (Fsp3) is 0.576. The van der Waals surface area contributed by atoms with Crippen molar-refractivity contribution in [3.05, 3.63) is 41.3 Å². The molecule has 11 heteroatoms. The fourth-order valence-electron chi connectivity index (χ4n) is 5.87. The minimum absolute atomic E-state index is 0.0369. The first-order valence-corrected chi connectivity index (χ1v) is 19.7. The SMILES string of the molecule is CCc1ccc(OCC2CC2)c(-c2ncnc3c(C(=O)NC4CCC(NC(=O)O)CC4)c(C)n(COCC[Si](C)(C)C)c23)c1. The molecule has 2 saturated carbocycles. The zero-order valence-corrected chi connectivity index (χ0v) is 27.7.